The van der Waals surface area contributed by atoms with Gasteiger partial charge in [0.05, 0.1) is 41.0 Å². The van der Waals surface area contributed by atoms with Crippen molar-refractivity contribution in [3.8, 4) is 11.8 Å². The molecular formula is C27H28Cl2N4O3. The molecule has 0 radical (unpaired) electrons. The number of anilines is 1. The predicted molar refractivity (Wildman–Crippen MR) is 141 cm³/mol. The number of piperazine rings is 1. The van der Waals surface area contributed by atoms with Gasteiger partial charge in [0.25, 0.3) is 0 Å². The van der Waals surface area contributed by atoms with Gasteiger partial charge in [-0.1, -0.05) is 47.5 Å². The third kappa shape index (κ3) is 6.11. The fourth-order valence-corrected chi connectivity index (χ4v) is 4.95. The predicted octanol–water partition coefficient (Wildman–Crippen LogP) is 4.12. The number of rotatable bonds is 8. The number of aliphatic hydroxyl groups is 2. The van der Waals surface area contributed by atoms with E-state index in [9.17, 15) is 10.2 Å². The summed E-state index contributed by atoms with van der Waals surface area (Å²) < 4.78 is 5.50. The first-order chi connectivity index (χ1) is 17.4. The van der Waals surface area contributed by atoms with Gasteiger partial charge in [-0.05, 0) is 47.5 Å². The number of aliphatic hydroxyl groups excluding tert-OH is 2. The maximum atomic E-state index is 10.3. The van der Waals surface area contributed by atoms with E-state index in [1.807, 2.05) is 48.5 Å². The second kappa shape index (κ2) is 11.9. The van der Waals surface area contributed by atoms with Crippen LogP contribution in [0.3, 0.4) is 0 Å². The fourth-order valence-electron chi connectivity index (χ4n) is 4.55. The molecule has 4 N–H and O–H groups in total. The highest BCUT2D eigenvalue weighted by Gasteiger charge is 2.33. The molecule has 3 aromatic carbocycles. The second-order valence-electron chi connectivity index (χ2n) is 8.68. The number of ether oxygens (including phenoxy) is 1. The number of hydrogen-bond donors (Lipinski definition) is 3. The average molecular weight is 527 g/mol. The van der Waals surface area contributed by atoms with Gasteiger partial charge in [-0.15, -0.1) is 0 Å². The summed E-state index contributed by atoms with van der Waals surface area (Å²) in [6, 6.07) is 22.4. The number of halogens is 2. The highest BCUT2D eigenvalue weighted by Crippen LogP contribution is 2.39. The van der Waals surface area contributed by atoms with Crippen LogP contribution in [-0.4, -0.2) is 54.2 Å². The molecule has 9 heteroatoms. The quantitative estimate of drug-likeness (QED) is 0.379. The van der Waals surface area contributed by atoms with E-state index in [1.165, 1.54) is 0 Å². The Morgan fingerprint density at radius 3 is 2.39 bits per heavy atom. The molecule has 4 rings (SSSR count). The maximum absolute atomic E-state index is 10.3. The van der Waals surface area contributed by atoms with Crippen LogP contribution in [0.1, 0.15) is 28.8 Å². The summed E-state index contributed by atoms with van der Waals surface area (Å²) in [6.45, 7) is 1.93. The lowest BCUT2D eigenvalue weighted by molar-refractivity contribution is 0.103. The van der Waals surface area contributed by atoms with Gasteiger partial charge in [-0.3, -0.25) is 4.90 Å². The zero-order chi connectivity index (χ0) is 25.7. The summed E-state index contributed by atoms with van der Waals surface area (Å²) in [5.41, 5.74) is 8.84. The van der Waals surface area contributed by atoms with Crippen LogP contribution in [0.4, 0.5) is 5.69 Å². The van der Waals surface area contributed by atoms with E-state index in [0.717, 1.165) is 16.8 Å². The number of nitrogens with two attached hydrogens (primary N) is 1. The van der Waals surface area contributed by atoms with Crippen LogP contribution in [0.15, 0.2) is 66.7 Å². The SMILES string of the molecule is N#Cc1ccc([C@@H](CO)N2CCN(c3ccc(OC[C@@H](N)O)cc3Cl)[C@H](c3ccc(Cl)cc3)C2)cc1. The zero-order valence-electron chi connectivity index (χ0n) is 19.6. The molecule has 36 heavy (non-hydrogen) atoms. The van der Waals surface area contributed by atoms with Gasteiger partial charge in [-0.25, -0.2) is 0 Å². The summed E-state index contributed by atoms with van der Waals surface area (Å²) in [5.74, 6) is 0.524. The molecule has 1 aliphatic rings. The molecule has 0 amide bonds. The third-order valence-corrected chi connectivity index (χ3v) is 6.91. The Kier molecular flexibility index (Phi) is 8.70. The van der Waals surface area contributed by atoms with E-state index in [-0.39, 0.29) is 25.3 Å². The van der Waals surface area contributed by atoms with Crippen molar-refractivity contribution in [2.24, 2.45) is 5.73 Å². The normalized spacial score (nSPS) is 17.9. The van der Waals surface area contributed by atoms with Crippen LogP contribution >= 0.6 is 23.2 Å². The van der Waals surface area contributed by atoms with E-state index in [2.05, 4.69) is 15.9 Å². The molecule has 188 valence electrons. The van der Waals surface area contributed by atoms with Gasteiger partial charge in [0.2, 0.25) is 0 Å². The van der Waals surface area contributed by atoms with E-state index >= 15 is 0 Å². The van der Waals surface area contributed by atoms with Crippen molar-refractivity contribution in [1.29, 1.82) is 5.26 Å². The first-order valence-electron chi connectivity index (χ1n) is 11.6. The Labute approximate surface area is 220 Å². The second-order valence-corrected chi connectivity index (χ2v) is 9.52. The molecule has 0 spiro atoms. The largest absolute Gasteiger partial charge is 0.489 e. The van der Waals surface area contributed by atoms with E-state index in [0.29, 0.717) is 41.0 Å². The molecule has 0 aromatic heterocycles. The summed E-state index contributed by atoms with van der Waals surface area (Å²) in [6.07, 6.45) is -1.07. The van der Waals surface area contributed by atoms with Gasteiger partial charge in [-0.2, -0.15) is 5.26 Å². The van der Waals surface area contributed by atoms with E-state index in [1.54, 1.807) is 18.2 Å². The van der Waals surface area contributed by atoms with Crippen molar-refractivity contribution in [2.75, 3.05) is 37.7 Å². The Balaban J connectivity index is 1.63. The molecule has 0 unspecified atom stereocenters. The van der Waals surface area contributed by atoms with Gasteiger partial charge in [0.15, 0.2) is 0 Å². The molecule has 0 aliphatic carbocycles. The minimum absolute atomic E-state index is 0.0281. The minimum atomic E-state index is -1.07. The van der Waals surface area contributed by atoms with Crippen molar-refractivity contribution in [1.82, 2.24) is 4.90 Å². The lowest BCUT2D eigenvalue weighted by Gasteiger charge is -2.46. The molecule has 7 nitrogen and oxygen atoms in total. The molecule has 0 bridgehead atoms. The third-order valence-electron chi connectivity index (χ3n) is 6.35. The first-order valence-corrected chi connectivity index (χ1v) is 12.4. The summed E-state index contributed by atoms with van der Waals surface area (Å²) in [7, 11) is 0. The average Bonchev–Trinajstić information content (AvgIpc) is 2.89. The van der Waals surface area contributed by atoms with Gasteiger partial charge < -0.3 is 25.6 Å². The maximum Gasteiger partial charge on any atom is 0.136 e. The molecule has 1 fully saturated rings. The fraction of sp³-hybridized carbons (Fsp3) is 0.296. The standard InChI is InChI=1S/C27H28Cl2N4O3/c28-21-7-5-19(6-8-21)25-15-32(26(16-34)20-3-1-18(14-30)2-4-20)11-12-33(25)24-10-9-22(13-23(24)29)36-17-27(31)35/h1-10,13,25-27,34-35H,11-12,15-17,31H2/t25-,26+,27-/m0/s1. The van der Waals surface area contributed by atoms with Crippen molar-refractivity contribution in [2.45, 2.75) is 18.3 Å². The monoisotopic (exact) mass is 526 g/mol. The van der Waals surface area contributed by atoms with Gasteiger partial charge in [0.1, 0.15) is 18.6 Å². The van der Waals surface area contributed by atoms with Crippen molar-refractivity contribution < 1.29 is 14.9 Å². The highest BCUT2D eigenvalue weighted by molar-refractivity contribution is 6.33. The molecule has 1 aliphatic heterocycles. The topological polar surface area (TPSA) is 106 Å². The van der Waals surface area contributed by atoms with Crippen molar-refractivity contribution >= 4 is 28.9 Å². The molecular weight excluding hydrogens is 499 g/mol. The number of nitriles is 1. The van der Waals surface area contributed by atoms with E-state index < -0.39 is 6.23 Å². The van der Waals surface area contributed by atoms with Crippen LogP contribution in [0.25, 0.3) is 0 Å². The van der Waals surface area contributed by atoms with Crippen LogP contribution in [0.2, 0.25) is 10.0 Å². The smallest absolute Gasteiger partial charge is 0.136 e. The van der Waals surface area contributed by atoms with Crippen LogP contribution in [0.5, 0.6) is 5.75 Å². The van der Waals surface area contributed by atoms with E-state index in [4.69, 9.17) is 38.9 Å². The Morgan fingerprint density at radius 1 is 1.06 bits per heavy atom. The molecule has 1 saturated heterocycles. The summed E-state index contributed by atoms with van der Waals surface area (Å²) in [5, 5.41) is 29.9. The minimum Gasteiger partial charge on any atom is -0.489 e. The van der Waals surface area contributed by atoms with Crippen LogP contribution < -0.4 is 15.4 Å². The summed E-state index contributed by atoms with van der Waals surface area (Å²) >= 11 is 12.9. The van der Waals surface area contributed by atoms with Crippen LogP contribution in [0, 0.1) is 11.3 Å². The van der Waals surface area contributed by atoms with Crippen LogP contribution in [-0.2, 0) is 0 Å². The lowest BCUT2D eigenvalue weighted by Crippen LogP contribution is -2.50. The van der Waals surface area contributed by atoms with Gasteiger partial charge in [0, 0.05) is 30.7 Å². The zero-order valence-corrected chi connectivity index (χ0v) is 21.1. The Bertz CT molecular complexity index is 1200. The summed E-state index contributed by atoms with van der Waals surface area (Å²) in [4.78, 5) is 4.50. The van der Waals surface area contributed by atoms with Gasteiger partial charge >= 0.3 is 0 Å². The molecule has 3 aromatic rings. The van der Waals surface area contributed by atoms with Crippen molar-refractivity contribution in [3.05, 3.63) is 93.5 Å². The molecule has 3 atom stereocenters. The Morgan fingerprint density at radius 2 is 1.78 bits per heavy atom. The molecule has 0 saturated carbocycles. The number of hydrogen-bond acceptors (Lipinski definition) is 7. The Hall–Kier alpha value is -2.83. The van der Waals surface area contributed by atoms with Crippen molar-refractivity contribution in [3.63, 3.8) is 0 Å². The lowest BCUT2D eigenvalue weighted by atomic mass is 9.97. The number of benzene rings is 3. The molecule has 1 heterocycles. The number of nitrogens with zero attached hydrogens (tertiary/aromatic N) is 3. The first kappa shape index (κ1) is 26.2. The highest BCUT2D eigenvalue weighted by atomic mass is 35.5.